The second-order valence-corrected chi connectivity index (χ2v) is 4.97. The van der Waals surface area contributed by atoms with Crippen LogP contribution in [0.4, 0.5) is 5.13 Å². The Balaban J connectivity index is 0.00000200. The van der Waals surface area contributed by atoms with Crippen molar-refractivity contribution in [1.29, 1.82) is 0 Å². The number of rotatable bonds is 6. The Kier molecular flexibility index (Phi) is 9.23. The third-order valence-electron chi connectivity index (χ3n) is 2.31. The number of hydrogen-bond donors (Lipinski definition) is 3. The van der Waals surface area contributed by atoms with Crippen LogP contribution in [0.3, 0.4) is 0 Å². The normalized spacial score (nSPS) is 11.8. The van der Waals surface area contributed by atoms with Gasteiger partial charge in [0.1, 0.15) is 11.5 Å². The number of hydrogen-bond acceptors (Lipinski definition) is 6. The first-order valence-electron chi connectivity index (χ1n) is 5.95. The van der Waals surface area contributed by atoms with Gasteiger partial charge in [-0.05, 0) is 19.1 Å². The molecule has 5 N–H and O–H groups in total. The van der Waals surface area contributed by atoms with Gasteiger partial charge >= 0.3 is 0 Å². The van der Waals surface area contributed by atoms with E-state index in [2.05, 4.69) is 15.3 Å². The molecule has 0 aromatic carbocycles. The standard InChI is InChI=1S/C12H17N5OS.2ClH/c1-8(14)5-15-7-16-12-17-10(6-19-12)11-3-2-9(4-13)18-11;;/h2-3,6-8H,4-5,13-14H2,1H3,(H,15,16,17);2*1H. The first-order chi connectivity index (χ1) is 9.19. The molecule has 2 heterocycles. The highest BCUT2D eigenvalue weighted by Crippen LogP contribution is 2.27. The molecule has 0 saturated carbocycles. The molecule has 0 spiro atoms. The van der Waals surface area contributed by atoms with Crippen LogP contribution in [0.15, 0.2) is 26.9 Å². The van der Waals surface area contributed by atoms with Crippen LogP contribution in [-0.2, 0) is 6.54 Å². The molecule has 6 nitrogen and oxygen atoms in total. The van der Waals surface area contributed by atoms with Crippen molar-refractivity contribution in [3.05, 3.63) is 23.3 Å². The van der Waals surface area contributed by atoms with Crippen LogP contribution in [0.2, 0.25) is 0 Å². The Morgan fingerprint density at radius 1 is 1.48 bits per heavy atom. The lowest BCUT2D eigenvalue weighted by atomic mass is 10.3. The molecule has 9 heteroatoms. The van der Waals surface area contributed by atoms with Gasteiger partial charge in [-0.15, -0.1) is 36.2 Å². The van der Waals surface area contributed by atoms with E-state index in [1.165, 1.54) is 11.3 Å². The van der Waals surface area contributed by atoms with Gasteiger partial charge in [-0.1, -0.05) is 0 Å². The number of aromatic nitrogens is 1. The summed E-state index contributed by atoms with van der Waals surface area (Å²) in [6, 6.07) is 3.80. The second-order valence-electron chi connectivity index (χ2n) is 4.13. The molecular weight excluding hydrogens is 333 g/mol. The first kappa shape index (κ1) is 19.9. The number of aliphatic imine (C=N–C) groups is 1. The van der Waals surface area contributed by atoms with Crippen molar-refractivity contribution in [2.24, 2.45) is 16.5 Å². The molecule has 0 fully saturated rings. The van der Waals surface area contributed by atoms with Crippen molar-refractivity contribution >= 4 is 47.6 Å². The number of nitrogens with one attached hydrogen (secondary N) is 1. The lowest BCUT2D eigenvalue weighted by Gasteiger charge is -2.01. The maximum atomic E-state index is 5.61. The van der Waals surface area contributed by atoms with Crippen molar-refractivity contribution < 1.29 is 4.42 Å². The van der Waals surface area contributed by atoms with E-state index in [0.717, 1.165) is 11.5 Å². The van der Waals surface area contributed by atoms with Crippen molar-refractivity contribution in [2.75, 3.05) is 6.54 Å². The minimum atomic E-state index is 0. The molecule has 2 aromatic heterocycles. The molecule has 2 aromatic rings. The summed E-state index contributed by atoms with van der Waals surface area (Å²) in [6.07, 6.45) is 1.61. The van der Waals surface area contributed by atoms with Crippen molar-refractivity contribution in [3.8, 4) is 11.5 Å². The van der Waals surface area contributed by atoms with Crippen LogP contribution in [0, 0.1) is 0 Å². The van der Waals surface area contributed by atoms with E-state index in [9.17, 15) is 0 Å². The molecule has 21 heavy (non-hydrogen) atoms. The fourth-order valence-corrected chi connectivity index (χ4v) is 2.05. The Morgan fingerprint density at radius 3 is 2.86 bits per heavy atom. The summed E-state index contributed by atoms with van der Waals surface area (Å²) in [4.78, 5) is 8.56. The predicted molar refractivity (Wildman–Crippen MR) is 92.0 cm³/mol. The molecule has 0 saturated heterocycles. The van der Waals surface area contributed by atoms with Crippen LogP contribution in [-0.4, -0.2) is 23.9 Å². The topological polar surface area (TPSA) is 102 Å². The number of nitrogens with zero attached hydrogens (tertiary/aromatic N) is 2. The second kappa shape index (κ2) is 9.75. The molecule has 0 aliphatic rings. The highest BCUT2D eigenvalue weighted by molar-refractivity contribution is 7.13. The minimum absolute atomic E-state index is 0. The van der Waals surface area contributed by atoms with Gasteiger partial charge in [0.25, 0.3) is 0 Å². The Morgan fingerprint density at radius 2 is 2.24 bits per heavy atom. The van der Waals surface area contributed by atoms with Crippen LogP contribution >= 0.6 is 36.2 Å². The highest BCUT2D eigenvalue weighted by atomic mass is 35.5. The summed E-state index contributed by atoms with van der Waals surface area (Å²) in [6.45, 7) is 2.99. The summed E-state index contributed by atoms with van der Waals surface area (Å²) >= 11 is 1.45. The van der Waals surface area contributed by atoms with Gasteiger partial charge in [0.2, 0.25) is 5.13 Å². The van der Waals surface area contributed by atoms with Crippen LogP contribution in [0.25, 0.3) is 11.5 Å². The number of nitrogens with two attached hydrogens (primary N) is 2. The van der Waals surface area contributed by atoms with Gasteiger partial charge in [0.15, 0.2) is 5.76 Å². The third-order valence-corrected chi connectivity index (χ3v) is 3.06. The molecule has 1 unspecified atom stereocenters. The number of thiazole rings is 1. The Labute approximate surface area is 139 Å². The molecule has 1 atom stereocenters. The minimum Gasteiger partial charge on any atom is -0.458 e. The van der Waals surface area contributed by atoms with Gasteiger partial charge < -0.3 is 21.2 Å². The van der Waals surface area contributed by atoms with Crippen molar-refractivity contribution in [3.63, 3.8) is 0 Å². The Bertz CT molecular complexity index is 555. The average Bonchev–Trinajstić information content (AvgIpc) is 3.02. The molecule has 0 bridgehead atoms. The summed E-state index contributed by atoms with van der Waals surface area (Å²) in [5.41, 5.74) is 11.9. The predicted octanol–water partition coefficient (Wildman–Crippen LogP) is 2.30. The molecule has 0 aliphatic heterocycles. The molecule has 2 rings (SSSR count). The fraction of sp³-hybridized carbons (Fsp3) is 0.333. The van der Waals surface area contributed by atoms with E-state index >= 15 is 0 Å². The van der Waals surface area contributed by atoms with Crippen LogP contribution < -0.4 is 16.8 Å². The quantitative estimate of drug-likeness (QED) is 0.547. The maximum Gasteiger partial charge on any atom is 0.211 e. The molecular formula is C12H19Cl2N5OS. The van der Waals surface area contributed by atoms with Crippen molar-refractivity contribution in [1.82, 2.24) is 10.3 Å². The van der Waals surface area contributed by atoms with Crippen LogP contribution in [0.5, 0.6) is 0 Å². The van der Waals surface area contributed by atoms with Gasteiger partial charge in [-0.25, -0.2) is 9.98 Å². The maximum absolute atomic E-state index is 5.61. The van der Waals surface area contributed by atoms with Crippen molar-refractivity contribution in [2.45, 2.75) is 19.5 Å². The van der Waals surface area contributed by atoms with E-state index in [-0.39, 0.29) is 30.9 Å². The van der Waals surface area contributed by atoms with Gasteiger partial charge in [0.05, 0.1) is 12.9 Å². The van der Waals surface area contributed by atoms with Gasteiger partial charge in [0, 0.05) is 18.0 Å². The largest absolute Gasteiger partial charge is 0.458 e. The number of furan rings is 1. The number of halogens is 2. The van der Waals surface area contributed by atoms with Gasteiger partial charge in [-0.2, -0.15) is 0 Å². The van der Waals surface area contributed by atoms with Crippen LogP contribution in [0.1, 0.15) is 12.7 Å². The van der Waals surface area contributed by atoms with E-state index in [0.29, 0.717) is 24.0 Å². The highest BCUT2D eigenvalue weighted by Gasteiger charge is 2.07. The zero-order valence-electron chi connectivity index (χ0n) is 11.5. The third kappa shape index (κ3) is 6.03. The Hall–Kier alpha value is -1.12. The summed E-state index contributed by atoms with van der Waals surface area (Å²) in [5, 5.41) is 5.57. The lowest BCUT2D eigenvalue weighted by molar-refractivity contribution is 0.524. The lowest BCUT2D eigenvalue weighted by Crippen LogP contribution is -2.30. The summed E-state index contributed by atoms with van der Waals surface area (Å²) in [5.74, 6) is 1.45. The molecule has 0 radical (unpaired) electrons. The van der Waals surface area contributed by atoms with E-state index in [1.807, 2.05) is 24.4 Å². The van der Waals surface area contributed by atoms with E-state index in [1.54, 1.807) is 6.34 Å². The zero-order valence-corrected chi connectivity index (χ0v) is 13.9. The van der Waals surface area contributed by atoms with E-state index in [4.69, 9.17) is 15.9 Å². The molecule has 118 valence electrons. The first-order valence-corrected chi connectivity index (χ1v) is 6.83. The van der Waals surface area contributed by atoms with Gasteiger partial charge in [-0.3, -0.25) is 0 Å². The molecule has 0 amide bonds. The SMILES string of the molecule is CC(N)CNC=Nc1nc(-c2ccc(CN)o2)cs1.Cl.Cl. The average molecular weight is 352 g/mol. The zero-order chi connectivity index (χ0) is 13.7. The smallest absolute Gasteiger partial charge is 0.211 e. The monoisotopic (exact) mass is 351 g/mol. The fourth-order valence-electron chi connectivity index (χ4n) is 1.40. The molecule has 0 aliphatic carbocycles. The summed E-state index contributed by atoms with van der Waals surface area (Å²) in [7, 11) is 0. The summed E-state index contributed by atoms with van der Waals surface area (Å²) < 4.78 is 5.52. The van der Waals surface area contributed by atoms with E-state index < -0.39 is 0 Å².